The summed E-state index contributed by atoms with van der Waals surface area (Å²) < 4.78 is 7.24. The second-order valence-electron chi connectivity index (χ2n) is 7.89. The van der Waals surface area contributed by atoms with Crippen LogP contribution in [0.25, 0.3) is 22.3 Å². The minimum Gasteiger partial charge on any atom is -0.492 e. The molecule has 10 heteroatoms. The molecule has 0 fully saturated rings. The number of nitrogens with zero attached hydrogens (tertiary/aromatic N) is 5. The van der Waals surface area contributed by atoms with Crippen LogP contribution in [0.5, 0.6) is 5.75 Å². The number of pyridine rings is 1. The number of hydrogen-bond acceptors (Lipinski definition) is 7. The molecule has 2 aromatic carbocycles. The van der Waals surface area contributed by atoms with Gasteiger partial charge in [-0.3, -0.25) is 9.36 Å². The first-order valence-corrected chi connectivity index (χ1v) is 12.1. The van der Waals surface area contributed by atoms with Gasteiger partial charge in [-0.05, 0) is 55.6 Å². The zero-order chi connectivity index (χ0) is 24.9. The summed E-state index contributed by atoms with van der Waals surface area (Å²) in [4.78, 5) is 19.9. The fourth-order valence-corrected chi connectivity index (χ4v) is 4.33. The Morgan fingerprint density at radius 1 is 1.03 bits per heavy atom. The first-order valence-electron chi connectivity index (χ1n) is 11.3. The quantitative estimate of drug-likeness (QED) is 0.331. The SMILES string of the molecule is CCN(CC)CCOc1ccc(Nc2nnc3cc(-c4c(Cl)cccc4Cl)c(=O)n(C)c3n2)cc1. The van der Waals surface area contributed by atoms with E-state index in [-0.39, 0.29) is 11.5 Å². The van der Waals surface area contributed by atoms with Crippen LogP contribution in [-0.4, -0.2) is 50.9 Å². The van der Waals surface area contributed by atoms with Crippen LogP contribution in [-0.2, 0) is 7.05 Å². The zero-order valence-electron chi connectivity index (χ0n) is 19.8. The number of fused-ring (bicyclic) bond motifs is 1. The average Bonchev–Trinajstić information content (AvgIpc) is 2.86. The van der Waals surface area contributed by atoms with Gasteiger partial charge in [0.15, 0.2) is 5.65 Å². The van der Waals surface area contributed by atoms with Crippen molar-refractivity contribution < 1.29 is 4.74 Å². The second-order valence-corrected chi connectivity index (χ2v) is 8.70. The summed E-state index contributed by atoms with van der Waals surface area (Å²) in [6.07, 6.45) is 0. The summed E-state index contributed by atoms with van der Waals surface area (Å²) in [5.41, 5.74) is 2.11. The maximum absolute atomic E-state index is 13.1. The molecule has 2 aromatic heterocycles. The molecule has 0 aliphatic carbocycles. The molecule has 0 spiro atoms. The third-order valence-corrected chi connectivity index (χ3v) is 6.37. The van der Waals surface area contributed by atoms with Gasteiger partial charge in [0.1, 0.15) is 17.9 Å². The molecule has 0 unspecified atom stereocenters. The van der Waals surface area contributed by atoms with Gasteiger partial charge in [-0.1, -0.05) is 43.1 Å². The molecule has 0 saturated heterocycles. The van der Waals surface area contributed by atoms with E-state index in [2.05, 4.69) is 39.2 Å². The number of anilines is 2. The van der Waals surface area contributed by atoms with Crippen LogP contribution >= 0.6 is 23.2 Å². The molecular weight excluding hydrogens is 487 g/mol. The standard InChI is InChI=1S/C25H26Cl2N6O2/c1-4-33(5-2)13-14-35-17-11-9-16(10-12-17)28-25-29-23-21(30-31-25)15-18(24(34)32(23)3)22-19(26)7-6-8-20(22)27/h6-12,15H,4-5,13-14H2,1-3H3,(H,28,29,31). The third-order valence-electron chi connectivity index (χ3n) is 5.74. The fourth-order valence-electron chi connectivity index (χ4n) is 3.72. The van der Waals surface area contributed by atoms with Crippen LogP contribution < -0.4 is 15.6 Å². The van der Waals surface area contributed by atoms with Crippen LogP contribution in [0.1, 0.15) is 13.8 Å². The van der Waals surface area contributed by atoms with Gasteiger partial charge in [-0.25, -0.2) is 0 Å². The van der Waals surface area contributed by atoms with E-state index < -0.39 is 0 Å². The molecule has 8 nitrogen and oxygen atoms in total. The van der Waals surface area contributed by atoms with Gasteiger partial charge < -0.3 is 15.0 Å². The van der Waals surface area contributed by atoms with Crippen LogP contribution in [0.3, 0.4) is 0 Å². The van der Waals surface area contributed by atoms with Gasteiger partial charge in [-0.15, -0.1) is 10.2 Å². The fraction of sp³-hybridized carbons (Fsp3) is 0.280. The van der Waals surface area contributed by atoms with Gasteiger partial charge in [0.2, 0.25) is 5.95 Å². The number of rotatable bonds is 9. The summed E-state index contributed by atoms with van der Waals surface area (Å²) in [5.74, 6) is 1.06. The molecule has 4 rings (SSSR count). The van der Waals surface area contributed by atoms with E-state index in [1.807, 2.05) is 24.3 Å². The highest BCUT2D eigenvalue weighted by Gasteiger charge is 2.17. The van der Waals surface area contributed by atoms with Crippen LogP contribution in [0.15, 0.2) is 53.3 Å². The maximum atomic E-state index is 13.1. The minimum atomic E-state index is -0.287. The van der Waals surface area contributed by atoms with Crippen molar-refractivity contribution in [1.82, 2.24) is 24.6 Å². The number of aryl methyl sites for hydroxylation is 1. The van der Waals surface area contributed by atoms with Crippen molar-refractivity contribution in [1.29, 1.82) is 0 Å². The Hall–Kier alpha value is -3.20. The molecule has 0 radical (unpaired) electrons. The van der Waals surface area contributed by atoms with Crippen molar-refractivity contribution in [3.63, 3.8) is 0 Å². The topological polar surface area (TPSA) is 85.2 Å². The first kappa shape index (κ1) is 24.9. The van der Waals surface area contributed by atoms with Gasteiger partial charge in [0, 0.05) is 24.8 Å². The molecule has 1 N–H and O–H groups in total. The van der Waals surface area contributed by atoms with E-state index in [0.29, 0.717) is 38.9 Å². The van der Waals surface area contributed by atoms with Crippen molar-refractivity contribution in [2.75, 3.05) is 31.6 Å². The molecule has 0 saturated carbocycles. The lowest BCUT2D eigenvalue weighted by molar-refractivity contribution is 0.223. The van der Waals surface area contributed by atoms with Crippen molar-refractivity contribution in [3.8, 4) is 16.9 Å². The molecule has 182 valence electrons. The molecule has 0 amide bonds. The smallest absolute Gasteiger partial charge is 0.260 e. The summed E-state index contributed by atoms with van der Waals surface area (Å²) in [7, 11) is 1.63. The van der Waals surface area contributed by atoms with E-state index in [0.717, 1.165) is 31.1 Å². The maximum Gasteiger partial charge on any atom is 0.260 e. The van der Waals surface area contributed by atoms with E-state index >= 15 is 0 Å². The number of likely N-dealkylation sites (N-methyl/N-ethyl adjacent to an activating group) is 1. The lowest BCUT2D eigenvalue weighted by Gasteiger charge is -2.18. The Bertz CT molecular complexity index is 1370. The number of aromatic nitrogens is 4. The zero-order valence-corrected chi connectivity index (χ0v) is 21.3. The van der Waals surface area contributed by atoms with Gasteiger partial charge in [0.25, 0.3) is 5.56 Å². The molecule has 0 bridgehead atoms. The summed E-state index contributed by atoms with van der Waals surface area (Å²) in [5, 5.41) is 12.3. The number of halogens is 2. The Morgan fingerprint density at radius 3 is 2.37 bits per heavy atom. The lowest BCUT2D eigenvalue weighted by Crippen LogP contribution is -2.27. The van der Waals surface area contributed by atoms with Gasteiger partial charge in [-0.2, -0.15) is 4.98 Å². The summed E-state index contributed by atoms with van der Waals surface area (Å²) in [6, 6.07) is 14.2. The Kier molecular flexibility index (Phi) is 7.85. The van der Waals surface area contributed by atoms with E-state index in [1.165, 1.54) is 4.57 Å². The van der Waals surface area contributed by atoms with Crippen molar-refractivity contribution in [2.24, 2.45) is 7.05 Å². The summed E-state index contributed by atoms with van der Waals surface area (Å²) >= 11 is 12.6. The highest BCUT2D eigenvalue weighted by molar-refractivity contribution is 6.39. The number of hydrogen-bond donors (Lipinski definition) is 1. The Morgan fingerprint density at radius 2 is 1.71 bits per heavy atom. The number of nitrogens with one attached hydrogen (secondary N) is 1. The lowest BCUT2D eigenvalue weighted by atomic mass is 10.1. The number of ether oxygens (including phenoxy) is 1. The molecule has 2 heterocycles. The van der Waals surface area contributed by atoms with E-state index in [9.17, 15) is 4.79 Å². The molecular formula is C25H26Cl2N6O2. The molecule has 4 aromatic rings. The highest BCUT2D eigenvalue weighted by atomic mass is 35.5. The second kappa shape index (κ2) is 11.0. The van der Waals surface area contributed by atoms with E-state index in [1.54, 1.807) is 31.3 Å². The summed E-state index contributed by atoms with van der Waals surface area (Å²) in [6.45, 7) is 7.79. The average molecular weight is 513 g/mol. The highest BCUT2D eigenvalue weighted by Crippen LogP contribution is 2.33. The van der Waals surface area contributed by atoms with E-state index in [4.69, 9.17) is 27.9 Å². The normalized spacial score (nSPS) is 11.3. The largest absolute Gasteiger partial charge is 0.492 e. The van der Waals surface area contributed by atoms with Crippen molar-refractivity contribution in [3.05, 3.63) is 68.9 Å². The van der Waals surface area contributed by atoms with Crippen LogP contribution in [0.4, 0.5) is 11.6 Å². The molecule has 0 aliphatic rings. The van der Waals surface area contributed by atoms with Gasteiger partial charge in [0.05, 0.1) is 15.6 Å². The van der Waals surface area contributed by atoms with Crippen LogP contribution in [0.2, 0.25) is 10.0 Å². The number of benzene rings is 2. The molecule has 0 atom stereocenters. The first-order chi connectivity index (χ1) is 16.9. The molecule has 0 aliphatic heterocycles. The predicted octanol–water partition coefficient (Wildman–Crippen LogP) is 5.16. The Labute approximate surface area is 213 Å². The van der Waals surface area contributed by atoms with Crippen molar-refractivity contribution in [2.45, 2.75) is 13.8 Å². The van der Waals surface area contributed by atoms with Crippen LogP contribution in [0, 0.1) is 0 Å². The third kappa shape index (κ3) is 5.56. The minimum absolute atomic E-state index is 0.270. The van der Waals surface area contributed by atoms with Gasteiger partial charge >= 0.3 is 0 Å². The molecule has 35 heavy (non-hydrogen) atoms. The monoisotopic (exact) mass is 512 g/mol. The van der Waals surface area contributed by atoms with Crippen molar-refractivity contribution >= 4 is 46.0 Å². The predicted molar refractivity (Wildman–Crippen MR) is 141 cm³/mol. The Balaban J connectivity index is 1.53.